The minimum Gasteiger partial charge on any atom is -0.308 e. The van der Waals surface area contributed by atoms with E-state index in [1.54, 1.807) is 23.5 Å². The van der Waals surface area contributed by atoms with Gasteiger partial charge in [0.15, 0.2) is 0 Å². The topological polar surface area (TPSA) is 71.1 Å². The van der Waals surface area contributed by atoms with Crippen LogP contribution >= 0.6 is 11.3 Å². The highest BCUT2D eigenvalue weighted by Gasteiger charge is 2.10. The Morgan fingerprint density at radius 2 is 1.73 bits per heavy atom. The smallest absolute Gasteiger partial charge is 0.308 e. The maximum Gasteiger partial charge on any atom is 0.325 e. The van der Waals surface area contributed by atoms with Crippen LogP contribution < -0.4 is 10.6 Å². The van der Waals surface area contributed by atoms with Crippen LogP contribution in [0.4, 0.5) is 10.5 Å². The second kappa shape index (κ2) is 8.88. The molecule has 3 aromatic carbocycles. The molecule has 4 aromatic rings. The van der Waals surface area contributed by atoms with Crippen LogP contribution in [0.2, 0.25) is 0 Å². The summed E-state index contributed by atoms with van der Waals surface area (Å²) in [6.07, 6.45) is 0.851. The molecule has 150 valence electrons. The van der Waals surface area contributed by atoms with Crippen LogP contribution in [0.1, 0.15) is 17.5 Å². The first-order valence-corrected chi connectivity index (χ1v) is 10.5. The van der Waals surface area contributed by atoms with Crippen LogP contribution in [-0.4, -0.2) is 16.9 Å². The van der Waals surface area contributed by atoms with Crippen molar-refractivity contribution in [1.29, 1.82) is 0 Å². The summed E-state index contributed by atoms with van der Waals surface area (Å²) in [5.74, 6) is -0.308. The Hall–Kier alpha value is -3.51. The number of carbonyl (C=O) groups is 2. The van der Waals surface area contributed by atoms with Crippen molar-refractivity contribution >= 4 is 39.2 Å². The molecule has 30 heavy (non-hydrogen) atoms. The normalized spacial score (nSPS) is 10.7. The van der Waals surface area contributed by atoms with Crippen molar-refractivity contribution in [3.8, 4) is 10.6 Å². The Morgan fingerprint density at radius 1 is 0.967 bits per heavy atom. The van der Waals surface area contributed by atoms with Crippen LogP contribution in [0, 0.1) is 6.92 Å². The number of hydrogen-bond acceptors (Lipinski definition) is 4. The van der Waals surface area contributed by atoms with Gasteiger partial charge in [-0.15, -0.1) is 11.3 Å². The number of benzene rings is 3. The van der Waals surface area contributed by atoms with Crippen molar-refractivity contribution in [3.63, 3.8) is 0 Å². The molecular weight excluding hydrogens is 394 g/mol. The summed E-state index contributed by atoms with van der Waals surface area (Å²) < 4.78 is 1.15. The van der Waals surface area contributed by atoms with E-state index in [4.69, 9.17) is 0 Å². The van der Waals surface area contributed by atoms with E-state index in [9.17, 15) is 9.59 Å². The van der Waals surface area contributed by atoms with Gasteiger partial charge >= 0.3 is 6.03 Å². The Balaban J connectivity index is 1.33. The van der Waals surface area contributed by atoms with Crippen molar-refractivity contribution in [2.24, 2.45) is 0 Å². The van der Waals surface area contributed by atoms with Crippen molar-refractivity contribution in [2.75, 3.05) is 5.32 Å². The molecule has 4 rings (SSSR count). The highest BCUT2D eigenvalue weighted by molar-refractivity contribution is 7.21. The highest BCUT2D eigenvalue weighted by atomic mass is 32.1. The molecule has 0 fully saturated rings. The van der Waals surface area contributed by atoms with Gasteiger partial charge < -0.3 is 5.32 Å². The Labute approximate surface area is 178 Å². The molecule has 6 heteroatoms. The molecule has 0 unspecified atom stereocenters. The summed E-state index contributed by atoms with van der Waals surface area (Å²) in [6.45, 7) is 2.07. The minimum absolute atomic E-state index is 0.257. The molecule has 0 saturated carbocycles. The number of nitrogens with one attached hydrogen (secondary N) is 2. The predicted molar refractivity (Wildman–Crippen MR) is 122 cm³/mol. The fraction of sp³-hybridized carbons (Fsp3) is 0.125. The lowest BCUT2D eigenvalue weighted by atomic mass is 10.1. The van der Waals surface area contributed by atoms with Gasteiger partial charge in [0.25, 0.3) is 0 Å². The molecule has 0 atom stereocenters. The molecule has 1 aromatic heterocycles. The van der Waals surface area contributed by atoms with Gasteiger partial charge in [-0.25, -0.2) is 9.78 Å². The Morgan fingerprint density at radius 3 is 2.50 bits per heavy atom. The molecule has 0 saturated heterocycles. The molecule has 0 spiro atoms. The van der Waals surface area contributed by atoms with E-state index in [0.29, 0.717) is 12.1 Å². The first kappa shape index (κ1) is 19.8. The van der Waals surface area contributed by atoms with E-state index in [2.05, 4.69) is 34.7 Å². The summed E-state index contributed by atoms with van der Waals surface area (Å²) in [5.41, 5.74) is 4.86. The standard InChI is InChI=1S/C24H21N3O2S/c1-16-7-13-20-21(15-16)30-23(26-20)18-9-11-19(12-10-18)25-24(29)27-22(28)14-8-17-5-3-2-4-6-17/h2-7,9-13,15H,8,14H2,1H3,(H2,25,27,28,29). The lowest BCUT2D eigenvalue weighted by Gasteiger charge is -2.07. The van der Waals surface area contributed by atoms with Gasteiger partial charge in [0, 0.05) is 17.7 Å². The minimum atomic E-state index is -0.531. The second-order valence-corrected chi connectivity index (χ2v) is 8.09. The van der Waals surface area contributed by atoms with Crippen LogP contribution in [-0.2, 0) is 11.2 Å². The maximum atomic E-state index is 12.1. The van der Waals surface area contributed by atoms with E-state index in [-0.39, 0.29) is 12.3 Å². The maximum absolute atomic E-state index is 12.1. The third-order valence-electron chi connectivity index (χ3n) is 4.67. The number of anilines is 1. The van der Waals surface area contributed by atoms with E-state index in [0.717, 1.165) is 26.4 Å². The quantitative estimate of drug-likeness (QED) is 0.449. The lowest BCUT2D eigenvalue weighted by Crippen LogP contribution is -2.34. The highest BCUT2D eigenvalue weighted by Crippen LogP contribution is 2.31. The predicted octanol–water partition coefficient (Wildman–Crippen LogP) is 5.55. The fourth-order valence-corrected chi connectivity index (χ4v) is 4.17. The number of fused-ring (bicyclic) bond motifs is 1. The van der Waals surface area contributed by atoms with E-state index in [1.165, 1.54) is 5.56 Å². The summed E-state index contributed by atoms with van der Waals surface area (Å²) in [6, 6.07) is 22.8. The van der Waals surface area contributed by atoms with Crippen LogP contribution in [0.5, 0.6) is 0 Å². The average molecular weight is 416 g/mol. The number of carbonyl (C=O) groups excluding carboxylic acids is 2. The van der Waals surface area contributed by atoms with Crippen LogP contribution in [0.15, 0.2) is 72.8 Å². The lowest BCUT2D eigenvalue weighted by molar-refractivity contribution is -0.119. The number of nitrogens with zero attached hydrogens (tertiary/aromatic N) is 1. The number of thiazole rings is 1. The van der Waals surface area contributed by atoms with Crippen molar-refractivity contribution in [3.05, 3.63) is 83.9 Å². The van der Waals surface area contributed by atoms with E-state index in [1.807, 2.05) is 48.5 Å². The van der Waals surface area contributed by atoms with E-state index >= 15 is 0 Å². The molecular formula is C24H21N3O2S. The molecule has 0 bridgehead atoms. The van der Waals surface area contributed by atoms with Gasteiger partial charge in [0.2, 0.25) is 5.91 Å². The third kappa shape index (κ3) is 4.90. The fourth-order valence-electron chi connectivity index (χ4n) is 3.11. The first-order valence-electron chi connectivity index (χ1n) is 9.69. The molecule has 0 aliphatic heterocycles. The second-order valence-electron chi connectivity index (χ2n) is 7.06. The first-order chi connectivity index (χ1) is 14.6. The van der Waals surface area contributed by atoms with Crippen molar-refractivity contribution in [2.45, 2.75) is 19.8 Å². The molecule has 5 nitrogen and oxygen atoms in total. The van der Waals surface area contributed by atoms with Gasteiger partial charge in [-0.1, -0.05) is 36.4 Å². The summed E-state index contributed by atoms with van der Waals surface area (Å²) >= 11 is 1.64. The number of imide groups is 1. The van der Waals surface area contributed by atoms with Gasteiger partial charge in [0.05, 0.1) is 10.2 Å². The van der Waals surface area contributed by atoms with Gasteiger partial charge in [-0.3, -0.25) is 10.1 Å². The number of hydrogen-bond donors (Lipinski definition) is 2. The molecule has 3 amide bonds. The molecule has 0 aliphatic carbocycles. The number of amides is 3. The van der Waals surface area contributed by atoms with Gasteiger partial charge in [-0.05, 0) is 60.9 Å². The molecule has 1 heterocycles. The van der Waals surface area contributed by atoms with Gasteiger partial charge in [0.1, 0.15) is 5.01 Å². The van der Waals surface area contributed by atoms with Gasteiger partial charge in [-0.2, -0.15) is 0 Å². The molecule has 2 N–H and O–H groups in total. The van der Waals surface area contributed by atoms with Crippen molar-refractivity contribution < 1.29 is 9.59 Å². The van der Waals surface area contributed by atoms with E-state index < -0.39 is 6.03 Å². The zero-order chi connectivity index (χ0) is 20.9. The summed E-state index contributed by atoms with van der Waals surface area (Å²) in [7, 11) is 0. The molecule has 0 aliphatic rings. The molecule has 0 radical (unpaired) electrons. The number of rotatable bonds is 5. The summed E-state index contributed by atoms with van der Waals surface area (Å²) in [5, 5.41) is 6.00. The summed E-state index contributed by atoms with van der Waals surface area (Å²) in [4.78, 5) is 28.7. The number of aromatic nitrogens is 1. The SMILES string of the molecule is Cc1ccc2nc(-c3ccc(NC(=O)NC(=O)CCc4ccccc4)cc3)sc2c1. The zero-order valence-electron chi connectivity index (χ0n) is 16.5. The monoisotopic (exact) mass is 415 g/mol. The largest absolute Gasteiger partial charge is 0.325 e. The van der Waals surface area contributed by atoms with Crippen LogP contribution in [0.25, 0.3) is 20.8 Å². The third-order valence-corrected chi connectivity index (χ3v) is 5.74. The van der Waals surface area contributed by atoms with Crippen LogP contribution in [0.3, 0.4) is 0 Å². The van der Waals surface area contributed by atoms with Crippen molar-refractivity contribution in [1.82, 2.24) is 10.3 Å². The Kier molecular flexibility index (Phi) is 5.86. The zero-order valence-corrected chi connectivity index (χ0v) is 17.3. The number of aryl methyl sites for hydroxylation is 2. The number of urea groups is 1. The Bertz CT molecular complexity index is 1180. The average Bonchev–Trinajstić information content (AvgIpc) is 3.16.